The summed E-state index contributed by atoms with van der Waals surface area (Å²) < 4.78 is 57.1. The molecule has 0 saturated carbocycles. The highest BCUT2D eigenvalue weighted by Crippen LogP contribution is 2.39. The highest BCUT2D eigenvalue weighted by Gasteiger charge is 2.40. The zero-order valence-corrected chi connectivity index (χ0v) is 23.8. The van der Waals surface area contributed by atoms with Crippen molar-refractivity contribution in [2.75, 3.05) is 7.11 Å². The molecule has 1 amide bonds. The Kier molecular flexibility index (Phi) is 7.22. The largest absolute Gasteiger partial charge is 0.497 e. The van der Waals surface area contributed by atoms with E-state index in [9.17, 15) is 9.00 Å². The number of carbonyl (C=O) groups excluding carboxylic acids is 1. The quantitative estimate of drug-likeness (QED) is 0.458. The Bertz CT molecular complexity index is 1310. The smallest absolute Gasteiger partial charge is 0.259 e. The van der Waals surface area contributed by atoms with Crippen LogP contribution in [0, 0.1) is 11.6 Å². The van der Waals surface area contributed by atoms with Crippen molar-refractivity contribution in [1.82, 2.24) is 4.39 Å². The minimum Gasteiger partial charge on any atom is -0.497 e. The van der Waals surface area contributed by atoms with Gasteiger partial charge in [-0.1, -0.05) is 33.9 Å². The summed E-state index contributed by atoms with van der Waals surface area (Å²) in [4.78, 5) is 13.3. The average molecular weight is 535 g/mol. The zero-order chi connectivity index (χ0) is 26.5. The van der Waals surface area contributed by atoms with Crippen molar-refractivity contribution in [3.05, 3.63) is 57.7 Å². The summed E-state index contributed by atoms with van der Waals surface area (Å²) in [5.41, 5.74) is 4.11. The Balaban J connectivity index is 1.81. The van der Waals surface area contributed by atoms with Gasteiger partial charge in [0, 0.05) is 6.07 Å². The first-order valence-corrected chi connectivity index (χ1v) is 17.0. The lowest BCUT2D eigenvalue weighted by molar-refractivity contribution is -0.117. The normalized spacial score (nSPS) is 16.9. The van der Waals surface area contributed by atoms with Gasteiger partial charge in [0.15, 0.2) is 0 Å². The lowest BCUT2D eigenvalue weighted by Crippen LogP contribution is -2.54. The van der Waals surface area contributed by atoms with E-state index in [1.54, 1.807) is 0 Å². The van der Waals surface area contributed by atoms with E-state index >= 15 is 8.78 Å². The summed E-state index contributed by atoms with van der Waals surface area (Å²) in [5, 5.41) is -0.240. The molecule has 0 radical (unpaired) electrons. The van der Waals surface area contributed by atoms with E-state index in [0.717, 1.165) is 59.6 Å². The Morgan fingerprint density at radius 1 is 1.06 bits per heavy atom. The molecule has 0 aromatic heterocycles. The van der Waals surface area contributed by atoms with Gasteiger partial charge in [-0.15, -0.1) is 4.36 Å². The minimum atomic E-state index is -3.64. The van der Waals surface area contributed by atoms with Gasteiger partial charge in [0.25, 0.3) is 5.91 Å². The molecule has 1 N–H and O–H groups in total. The van der Waals surface area contributed by atoms with E-state index in [0.29, 0.717) is 12.8 Å². The first-order valence-electron chi connectivity index (χ1n) is 12.5. The molecule has 2 aliphatic carbocycles. The van der Waals surface area contributed by atoms with Crippen molar-refractivity contribution < 1.29 is 22.5 Å². The van der Waals surface area contributed by atoms with Gasteiger partial charge in [-0.05, 0) is 83.5 Å². The van der Waals surface area contributed by atoms with E-state index < -0.39 is 29.9 Å². The standard InChI is InChI=1S/C27H36F2N2O3SSi/c1-27(2,3)36(5,6)31-35(33,24-14-13-17(34-4)15-23(24)28)30-25(32)16-22-18-9-7-11-20(18)26(29)21-12-8-10-19(21)22/h13-15H,7-12,16H2,1-6H3,(H,30,31,32,33). The number of amides is 1. The van der Waals surface area contributed by atoms with Gasteiger partial charge < -0.3 is 4.74 Å². The molecule has 0 spiro atoms. The van der Waals surface area contributed by atoms with E-state index in [1.807, 2.05) is 33.9 Å². The number of hydrogen-bond acceptors (Lipinski definition) is 3. The maximum Gasteiger partial charge on any atom is 0.259 e. The average Bonchev–Trinajstić information content (AvgIpc) is 3.45. The number of nitrogens with zero attached hydrogens (tertiary/aromatic N) is 1. The number of hydrogen-bond donors (Lipinski definition) is 1. The summed E-state index contributed by atoms with van der Waals surface area (Å²) in [6.07, 6.45) is 4.46. The van der Waals surface area contributed by atoms with Crippen molar-refractivity contribution in [3.8, 4) is 5.75 Å². The maximum atomic E-state index is 15.2. The molecule has 0 bridgehead atoms. The number of rotatable bonds is 6. The third-order valence-electron chi connectivity index (χ3n) is 7.96. The van der Waals surface area contributed by atoms with E-state index in [-0.39, 0.29) is 27.9 Å². The molecule has 1 atom stereocenters. The number of fused-ring (bicyclic) bond motifs is 2. The Labute approximate surface area is 214 Å². The summed E-state index contributed by atoms with van der Waals surface area (Å²) >= 11 is 0. The SMILES string of the molecule is COc1ccc(S(=O)(=NC(=O)Cc2c3c(c(F)c4c2CCC4)CCC3)N[Si](C)(C)C(C)(C)C)c(F)c1. The van der Waals surface area contributed by atoms with Crippen LogP contribution in [0.3, 0.4) is 0 Å². The van der Waals surface area contributed by atoms with Crippen LogP contribution in [-0.2, 0) is 46.8 Å². The first-order chi connectivity index (χ1) is 16.8. The summed E-state index contributed by atoms with van der Waals surface area (Å²) in [6, 6.07) is 4.05. The molecule has 2 aromatic rings. The van der Waals surface area contributed by atoms with Crippen LogP contribution in [0.2, 0.25) is 18.1 Å². The molecule has 196 valence electrons. The van der Waals surface area contributed by atoms with Crippen molar-refractivity contribution in [2.24, 2.45) is 4.36 Å². The van der Waals surface area contributed by atoms with E-state index in [4.69, 9.17) is 4.74 Å². The van der Waals surface area contributed by atoms with Crippen LogP contribution < -0.4 is 9.12 Å². The molecule has 4 rings (SSSR count). The monoisotopic (exact) mass is 534 g/mol. The molecule has 9 heteroatoms. The molecule has 36 heavy (non-hydrogen) atoms. The lowest BCUT2D eigenvalue weighted by Gasteiger charge is -2.38. The van der Waals surface area contributed by atoms with Gasteiger partial charge in [-0.3, -0.25) is 4.79 Å². The van der Waals surface area contributed by atoms with E-state index in [2.05, 4.69) is 8.75 Å². The van der Waals surface area contributed by atoms with Gasteiger partial charge in [0.1, 0.15) is 35.5 Å². The molecule has 0 aliphatic heterocycles. The molecule has 2 aliphatic rings. The number of methoxy groups -OCH3 is 1. The third-order valence-corrected chi connectivity index (χ3v) is 16.2. The lowest BCUT2D eigenvalue weighted by atomic mass is 9.91. The molecule has 5 nitrogen and oxygen atoms in total. The van der Waals surface area contributed by atoms with Crippen LogP contribution in [0.5, 0.6) is 5.75 Å². The Morgan fingerprint density at radius 3 is 2.11 bits per heavy atom. The second-order valence-corrected chi connectivity index (χ2v) is 18.6. The van der Waals surface area contributed by atoms with Crippen LogP contribution in [0.15, 0.2) is 27.5 Å². The number of benzene rings is 2. The molecular weight excluding hydrogens is 498 g/mol. The Morgan fingerprint density at radius 2 is 1.61 bits per heavy atom. The molecule has 0 fully saturated rings. The predicted molar refractivity (Wildman–Crippen MR) is 141 cm³/mol. The fourth-order valence-electron chi connectivity index (χ4n) is 5.00. The van der Waals surface area contributed by atoms with Gasteiger partial charge in [-0.2, -0.15) is 0 Å². The molecule has 0 saturated heterocycles. The van der Waals surface area contributed by atoms with Crippen molar-refractivity contribution in [3.63, 3.8) is 0 Å². The number of ether oxygens (including phenoxy) is 1. The highest BCUT2D eigenvalue weighted by molar-refractivity contribution is 7.93. The molecule has 1 unspecified atom stereocenters. The summed E-state index contributed by atoms with van der Waals surface area (Å²) in [5.74, 6) is -1.15. The van der Waals surface area contributed by atoms with Crippen molar-refractivity contribution in [1.29, 1.82) is 0 Å². The molecule has 0 heterocycles. The van der Waals surface area contributed by atoms with Crippen molar-refractivity contribution >= 4 is 24.1 Å². The second-order valence-electron chi connectivity index (χ2n) is 11.4. The minimum absolute atomic E-state index is 0.0567. The summed E-state index contributed by atoms with van der Waals surface area (Å²) in [6.45, 7) is 10.1. The number of carbonyl (C=O) groups is 1. The van der Waals surface area contributed by atoms with Gasteiger partial charge in [-0.25, -0.2) is 17.4 Å². The van der Waals surface area contributed by atoms with Crippen molar-refractivity contribution in [2.45, 2.75) is 88.7 Å². The number of halogens is 2. The topological polar surface area (TPSA) is 67.8 Å². The Hall–Kier alpha value is -2.10. The van der Waals surface area contributed by atoms with Gasteiger partial charge in [0.2, 0.25) is 0 Å². The zero-order valence-electron chi connectivity index (χ0n) is 22.0. The first kappa shape index (κ1) is 26.9. The van der Waals surface area contributed by atoms with Crippen LogP contribution in [0.25, 0.3) is 0 Å². The number of nitrogens with one attached hydrogen (secondary N) is 1. The summed E-state index contributed by atoms with van der Waals surface area (Å²) in [7, 11) is -4.70. The van der Waals surface area contributed by atoms with Gasteiger partial charge >= 0.3 is 0 Å². The van der Waals surface area contributed by atoms with Crippen LogP contribution in [-0.4, -0.2) is 25.5 Å². The second kappa shape index (κ2) is 9.65. The van der Waals surface area contributed by atoms with Crippen LogP contribution in [0.4, 0.5) is 8.78 Å². The molecule has 2 aromatic carbocycles. The van der Waals surface area contributed by atoms with Gasteiger partial charge in [0.05, 0.1) is 18.4 Å². The fourth-order valence-corrected chi connectivity index (χ4v) is 10.6. The van der Waals surface area contributed by atoms with Crippen LogP contribution >= 0.6 is 0 Å². The predicted octanol–water partition coefficient (Wildman–Crippen LogP) is 6.06. The third kappa shape index (κ3) is 4.89. The highest BCUT2D eigenvalue weighted by atomic mass is 32.2. The fraction of sp³-hybridized carbons (Fsp3) is 0.519. The van der Waals surface area contributed by atoms with Crippen LogP contribution in [0.1, 0.15) is 61.4 Å². The van der Waals surface area contributed by atoms with E-state index in [1.165, 1.54) is 19.2 Å². The molecular formula is C27H36F2N2O3SSi. The maximum absolute atomic E-state index is 15.2.